The molecule has 2 N–H and O–H groups in total. The molecule has 1 amide bonds. The molecule has 5 aliphatic rings. The molecule has 1 spiro atoms. The molecule has 50 heavy (non-hydrogen) atoms. The number of carbonyl (C=O) groups excluding carboxylic acids is 1. The quantitative estimate of drug-likeness (QED) is 0.367. The second-order valence-electron chi connectivity index (χ2n) is 15.3. The summed E-state index contributed by atoms with van der Waals surface area (Å²) in [7, 11) is 1.93. The Morgan fingerprint density at radius 1 is 1.16 bits per heavy atom. The van der Waals surface area contributed by atoms with Gasteiger partial charge in [0.05, 0.1) is 11.3 Å². The molecule has 0 radical (unpaired) electrons. The van der Waals surface area contributed by atoms with E-state index in [4.69, 9.17) is 4.74 Å². The first-order valence-electron chi connectivity index (χ1n) is 17.6. The molecule has 8 rings (SSSR count). The number of carboxylic acid groups (broad SMARTS) is 1. The van der Waals surface area contributed by atoms with E-state index < -0.39 is 34.8 Å². The van der Waals surface area contributed by atoms with Gasteiger partial charge in [-0.2, -0.15) is 18.3 Å². The summed E-state index contributed by atoms with van der Waals surface area (Å²) in [5, 5.41) is 17.4. The molecule has 4 atom stereocenters. The molecule has 2 aromatic heterocycles. The van der Waals surface area contributed by atoms with Gasteiger partial charge >= 0.3 is 12.1 Å². The number of aliphatic carboxylic acids is 1. The van der Waals surface area contributed by atoms with Crippen LogP contribution in [0.1, 0.15) is 83.9 Å². The molecule has 2 bridgehead atoms. The average Bonchev–Trinajstić information content (AvgIpc) is 3.68. The van der Waals surface area contributed by atoms with E-state index in [2.05, 4.69) is 37.5 Å². The number of fused-ring (bicyclic) bond motifs is 5. The molecule has 1 aromatic carbocycles. The highest BCUT2D eigenvalue weighted by atomic mass is 19.4. The second-order valence-corrected chi connectivity index (χ2v) is 15.3. The molecule has 5 heterocycles. The van der Waals surface area contributed by atoms with Gasteiger partial charge < -0.3 is 20.1 Å². The van der Waals surface area contributed by atoms with Crippen LogP contribution in [-0.2, 0) is 47.7 Å². The summed E-state index contributed by atoms with van der Waals surface area (Å²) in [6, 6.07) is 6.14. The summed E-state index contributed by atoms with van der Waals surface area (Å²) in [6.07, 6.45) is 2.53. The Morgan fingerprint density at radius 2 is 1.96 bits per heavy atom. The van der Waals surface area contributed by atoms with Crippen LogP contribution < -0.4 is 10.2 Å². The van der Waals surface area contributed by atoms with Gasteiger partial charge in [0.15, 0.2) is 5.69 Å². The first-order valence-corrected chi connectivity index (χ1v) is 17.6. The number of carbonyl (C=O) groups is 2. The number of amides is 1. The number of nitrogens with one attached hydrogen (secondary N) is 1. The number of alkyl halides is 3. The van der Waals surface area contributed by atoms with E-state index in [1.54, 1.807) is 4.90 Å². The molecule has 1 saturated heterocycles. The summed E-state index contributed by atoms with van der Waals surface area (Å²) < 4.78 is 51.6. The fourth-order valence-corrected chi connectivity index (χ4v) is 9.65. The summed E-state index contributed by atoms with van der Waals surface area (Å²) >= 11 is 0. The number of halogens is 3. The number of anilines is 2. The van der Waals surface area contributed by atoms with Gasteiger partial charge in [-0.05, 0) is 73.5 Å². The predicted molar refractivity (Wildman–Crippen MR) is 176 cm³/mol. The Bertz CT molecular complexity index is 1840. The highest BCUT2D eigenvalue weighted by Gasteiger charge is 2.57. The first kappa shape index (κ1) is 33.1. The van der Waals surface area contributed by atoms with Crippen LogP contribution in [0.15, 0.2) is 30.6 Å². The number of nitrogens with zero attached hydrogens (tertiary/aromatic N) is 6. The van der Waals surface area contributed by atoms with Crippen LogP contribution in [0.4, 0.5) is 24.8 Å². The normalized spacial score (nSPS) is 27.3. The third-order valence-electron chi connectivity index (χ3n) is 11.9. The molecular weight excluding hydrogens is 651 g/mol. The highest BCUT2D eigenvalue weighted by Crippen LogP contribution is 2.52. The second kappa shape index (κ2) is 12.0. The Morgan fingerprint density at radius 3 is 2.72 bits per heavy atom. The van der Waals surface area contributed by atoms with Crippen LogP contribution >= 0.6 is 0 Å². The molecule has 4 unspecified atom stereocenters. The van der Waals surface area contributed by atoms with Crippen LogP contribution in [0.3, 0.4) is 0 Å². The molecule has 14 heteroatoms. The molecule has 3 fully saturated rings. The zero-order valence-corrected chi connectivity index (χ0v) is 28.3. The number of hydrogen-bond acceptors (Lipinski definition) is 8. The van der Waals surface area contributed by atoms with Crippen molar-refractivity contribution in [2.75, 3.05) is 31.2 Å². The van der Waals surface area contributed by atoms with Crippen molar-refractivity contribution < 1.29 is 32.6 Å². The zero-order chi connectivity index (χ0) is 35.0. The van der Waals surface area contributed by atoms with E-state index in [9.17, 15) is 27.9 Å². The van der Waals surface area contributed by atoms with Crippen LogP contribution in [0.2, 0.25) is 0 Å². The molecule has 2 saturated carbocycles. The van der Waals surface area contributed by atoms with Gasteiger partial charge in [0.1, 0.15) is 5.54 Å². The summed E-state index contributed by atoms with van der Waals surface area (Å²) in [5.41, 5.74) is 1.13. The van der Waals surface area contributed by atoms with Crippen molar-refractivity contribution >= 4 is 23.5 Å². The molecule has 11 nitrogen and oxygen atoms in total. The predicted octanol–water partition coefficient (Wildman–Crippen LogP) is 5.00. The minimum atomic E-state index is -4.98. The van der Waals surface area contributed by atoms with E-state index in [0.717, 1.165) is 61.2 Å². The van der Waals surface area contributed by atoms with Crippen molar-refractivity contribution in [3.05, 3.63) is 64.2 Å². The largest absolute Gasteiger partial charge is 0.479 e. The fourth-order valence-electron chi connectivity index (χ4n) is 9.65. The Labute approximate surface area is 288 Å². The standard InChI is InChI=1S/C36H42F3N7O4/c1-21-11-23-13-25(12-21)35(15-23,32(48)49)42-31(47)26-16-40-33(41-30(26)36(37,38)39)46-20-34(6-9-50-10-7-34)27-14-22(3-4-29(27)46)17-45-8-5-28-24(19-45)18-44(2)43-28/h3-4,14,16,18,21,23,25H,5-13,15,17,19-20H2,1-2H3,(H,42,47)(H,48,49). The summed E-state index contributed by atoms with van der Waals surface area (Å²) in [4.78, 5) is 38.7. The highest BCUT2D eigenvalue weighted by molar-refractivity contribution is 5.99. The van der Waals surface area contributed by atoms with Crippen molar-refractivity contribution in [2.24, 2.45) is 24.8 Å². The lowest BCUT2D eigenvalue weighted by atomic mass is 9.75. The molecule has 2 aliphatic carbocycles. The number of aryl methyl sites for hydroxylation is 1. The third kappa shape index (κ3) is 5.64. The number of aromatic nitrogens is 4. The maximum absolute atomic E-state index is 14.7. The lowest BCUT2D eigenvalue weighted by molar-refractivity contribution is -0.146. The van der Waals surface area contributed by atoms with E-state index in [1.807, 2.05) is 30.8 Å². The minimum Gasteiger partial charge on any atom is -0.479 e. The summed E-state index contributed by atoms with van der Waals surface area (Å²) in [6.45, 7) is 5.90. The smallest absolute Gasteiger partial charge is 0.434 e. The lowest BCUT2D eigenvalue weighted by Gasteiger charge is -2.34. The number of rotatable bonds is 6. The van der Waals surface area contributed by atoms with Gasteiger partial charge in [-0.1, -0.05) is 19.1 Å². The Kier molecular flexibility index (Phi) is 7.97. The molecule has 3 aliphatic heterocycles. The van der Waals surface area contributed by atoms with Gasteiger partial charge in [0, 0.05) is 81.9 Å². The monoisotopic (exact) mass is 693 g/mol. The zero-order valence-electron chi connectivity index (χ0n) is 28.3. The number of ether oxygens (including phenoxy) is 1. The number of carboxylic acids is 1. The van der Waals surface area contributed by atoms with E-state index in [-0.39, 0.29) is 35.5 Å². The first-order chi connectivity index (χ1) is 23.8. The SMILES string of the molecule is CC1CC2CC(C1)C(NC(=O)c1cnc(N3CC4(CCOCC4)c4cc(CN5CCc6nn(C)cc6C5)ccc43)nc1C(F)(F)F)(C(=O)O)C2. The fraction of sp³-hybridized carbons (Fsp3) is 0.583. The van der Waals surface area contributed by atoms with Crippen molar-refractivity contribution in [1.29, 1.82) is 0 Å². The van der Waals surface area contributed by atoms with E-state index in [0.29, 0.717) is 45.4 Å². The van der Waals surface area contributed by atoms with Gasteiger partial charge in [-0.3, -0.25) is 14.4 Å². The van der Waals surface area contributed by atoms with E-state index >= 15 is 0 Å². The Hall–Kier alpha value is -4.04. The van der Waals surface area contributed by atoms with Gasteiger partial charge in [0.25, 0.3) is 5.91 Å². The van der Waals surface area contributed by atoms with Crippen LogP contribution in [-0.4, -0.2) is 73.5 Å². The Balaban J connectivity index is 1.10. The molecule has 266 valence electrons. The van der Waals surface area contributed by atoms with E-state index in [1.165, 1.54) is 5.56 Å². The lowest BCUT2D eigenvalue weighted by Crippen LogP contribution is -2.57. The summed E-state index contributed by atoms with van der Waals surface area (Å²) in [5.74, 6) is -2.45. The van der Waals surface area contributed by atoms with Crippen LogP contribution in [0, 0.1) is 17.8 Å². The van der Waals surface area contributed by atoms with Crippen LogP contribution in [0.5, 0.6) is 0 Å². The average molecular weight is 694 g/mol. The maximum Gasteiger partial charge on any atom is 0.434 e. The van der Waals surface area contributed by atoms with Gasteiger partial charge in [-0.15, -0.1) is 0 Å². The van der Waals surface area contributed by atoms with Gasteiger partial charge in [0.2, 0.25) is 5.95 Å². The van der Waals surface area contributed by atoms with Gasteiger partial charge in [-0.25, -0.2) is 14.8 Å². The van der Waals surface area contributed by atoms with Crippen LogP contribution in [0.25, 0.3) is 0 Å². The van der Waals surface area contributed by atoms with Crippen molar-refractivity contribution in [1.82, 2.24) is 30.0 Å². The molecular formula is C36H42F3N7O4. The number of hydrogen-bond donors (Lipinski definition) is 2. The van der Waals surface area contributed by atoms with Crippen molar-refractivity contribution in [3.8, 4) is 0 Å². The van der Waals surface area contributed by atoms with Crippen molar-refractivity contribution in [3.63, 3.8) is 0 Å². The minimum absolute atomic E-state index is 0.1000. The topological polar surface area (TPSA) is 126 Å². The van der Waals surface area contributed by atoms with Crippen molar-refractivity contribution in [2.45, 2.75) is 82.1 Å². The maximum atomic E-state index is 14.7. The molecule has 3 aromatic rings. The number of benzene rings is 1. The third-order valence-corrected chi connectivity index (χ3v) is 11.9.